The van der Waals surface area contributed by atoms with Gasteiger partial charge in [0.2, 0.25) is 0 Å². The molecule has 6 heteroatoms. The second kappa shape index (κ2) is 5.75. The van der Waals surface area contributed by atoms with Crippen molar-refractivity contribution in [2.45, 2.75) is 6.92 Å². The molecule has 0 saturated heterocycles. The normalized spacial score (nSPS) is 10.1. The number of thiophene rings is 1. The molecule has 0 aliphatic heterocycles. The Kier molecular flexibility index (Phi) is 4.05. The number of hydrogen-bond donors (Lipinski definition) is 2. The molecule has 0 radical (unpaired) electrons. The lowest BCUT2D eigenvalue weighted by Gasteiger charge is -2.08. The minimum Gasteiger partial charge on any atom is -0.496 e. The number of hydrogen-bond acceptors (Lipinski definition) is 4. The number of methoxy groups -OCH3 is 1. The predicted octanol–water partition coefficient (Wildman–Crippen LogP) is 3.02. The molecule has 0 unspecified atom stereocenters. The van der Waals surface area contributed by atoms with Gasteiger partial charge in [0.05, 0.1) is 12.0 Å². The molecule has 104 valence electrons. The molecule has 5 nitrogen and oxygen atoms in total. The summed E-state index contributed by atoms with van der Waals surface area (Å²) < 4.78 is 5.01. The highest BCUT2D eigenvalue weighted by molar-refractivity contribution is 7.12. The van der Waals surface area contributed by atoms with Gasteiger partial charge in [-0.2, -0.15) is 0 Å². The summed E-state index contributed by atoms with van der Waals surface area (Å²) in [7, 11) is 1.38. The number of aromatic carboxylic acids is 1. The summed E-state index contributed by atoms with van der Waals surface area (Å²) in [6.45, 7) is 1.91. The van der Waals surface area contributed by atoms with E-state index >= 15 is 0 Å². The highest BCUT2D eigenvalue weighted by atomic mass is 32.1. The molecule has 1 amide bonds. The largest absolute Gasteiger partial charge is 0.496 e. The number of carbonyl (C=O) groups excluding carboxylic acids is 1. The van der Waals surface area contributed by atoms with E-state index in [2.05, 4.69) is 5.32 Å². The summed E-state index contributed by atoms with van der Waals surface area (Å²) in [6, 6.07) is 6.21. The number of carboxylic acids is 1. The first-order valence-corrected chi connectivity index (χ1v) is 6.67. The Balaban J connectivity index is 2.22. The first-order valence-electron chi connectivity index (χ1n) is 5.79. The lowest BCUT2D eigenvalue weighted by Crippen LogP contribution is -2.11. The van der Waals surface area contributed by atoms with E-state index in [1.807, 2.05) is 12.3 Å². The first kappa shape index (κ1) is 14.1. The molecule has 20 heavy (non-hydrogen) atoms. The van der Waals surface area contributed by atoms with Crippen molar-refractivity contribution in [3.8, 4) is 5.75 Å². The molecule has 2 aromatic rings. The van der Waals surface area contributed by atoms with E-state index in [9.17, 15) is 9.59 Å². The Morgan fingerprint density at radius 2 is 2.05 bits per heavy atom. The predicted molar refractivity (Wildman–Crippen MR) is 77.0 cm³/mol. The molecule has 0 saturated carbocycles. The minimum absolute atomic E-state index is 0.0532. The Morgan fingerprint density at radius 1 is 1.30 bits per heavy atom. The number of benzene rings is 1. The number of amides is 1. The van der Waals surface area contributed by atoms with Crippen LogP contribution in [0.2, 0.25) is 0 Å². The van der Waals surface area contributed by atoms with E-state index in [1.54, 1.807) is 6.07 Å². The Labute approximate surface area is 119 Å². The maximum absolute atomic E-state index is 12.0. The summed E-state index contributed by atoms with van der Waals surface area (Å²) in [5.74, 6) is -1.10. The maximum atomic E-state index is 12.0. The Morgan fingerprint density at radius 3 is 2.60 bits per heavy atom. The van der Waals surface area contributed by atoms with Crippen LogP contribution in [0.15, 0.2) is 29.6 Å². The van der Waals surface area contributed by atoms with Gasteiger partial charge in [-0.3, -0.25) is 4.79 Å². The van der Waals surface area contributed by atoms with E-state index in [0.29, 0.717) is 10.6 Å². The fraction of sp³-hybridized carbons (Fsp3) is 0.143. The van der Waals surface area contributed by atoms with Crippen molar-refractivity contribution in [3.05, 3.63) is 45.6 Å². The summed E-state index contributed by atoms with van der Waals surface area (Å²) in [6.07, 6.45) is 0. The van der Waals surface area contributed by atoms with Crippen molar-refractivity contribution >= 4 is 28.9 Å². The van der Waals surface area contributed by atoms with Crippen LogP contribution >= 0.6 is 11.3 Å². The van der Waals surface area contributed by atoms with E-state index in [-0.39, 0.29) is 17.2 Å². The smallest absolute Gasteiger partial charge is 0.339 e. The molecule has 0 bridgehead atoms. The highest BCUT2D eigenvalue weighted by Crippen LogP contribution is 2.24. The zero-order chi connectivity index (χ0) is 14.7. The van der Waals surface area contributed by atoms with Crippen LogP contribution in [0, 0.1) is 6.92 Å². The van der Waals surface area contributed by atoms with Gasteiger partial charge >= 0.3 is 5.97 Å². The molecule has 1 aromatic carbocycles. The van der Waals surface area contributed by atoms with E-state index < -0.39 is 5.97 Å². The second-order valence-corrected chi connectivity index (χ2v) is 5.07. The van der Waals surface area contributed by atoms with Crippen LogP contribution in [0.5, 0.6) is 5.75 Å². The van der Waals surface area contributed by atoms with Gasteiger partial charge < -0.3 is 15.2 Å². The second-order valence-electron chi connectivity index (χ2n) is 4.16. The van der Waals surface area contributed by atoms with Crippen LogP contribution in [0.25, 0.3) is 0 Å². The summed E-state index contributed by atoms with van der Waals surface area (Å²) >= 11 is 1.36. The van der Waals surface area contributed by atoms with Crippen LogP contribution in [0.3, 0.4) is 0 Å². The lowest BCUT2D eigenvalue weighted by molar-refractivity contribution is 0.0693. The highest BCUT2D eigenvalue weighted by Gasteiger charge is 2.13. The Bertz CT molecular complexity index is 663. The third-order valence-electron chi connectivity index (χ3n) is 2.64. The lowest BCUT2D eigenvalue weighted by atomic mass is 10.2. The number of ether oxygens (including phenoxy) is 1. The summed E-state index contributed by atoms with van der Waals surface area (Å²) in [4.78, 5) is 23.6. The van der Waals surface area contributed by atoms with Gasteiger partial charge in [-0.25, -0.2) is 4.79 Å². The fourth-order valence-corrected chi connectivity index (χ4v) is 2.48. The van der Waals surface area contributed by atoms with Gasteiger partial charge in [-0.05, 0) is 36.1 Å². The monoisotopic (exact) mass is 291 g/mol. The van der Waals surface area contributed by atoms with E-state index in [1.165, 1.54) is 36.6 Å². The van der Waals surface area contributed by atoms with Crippen LogP contribution < -0.4 is 10.1 Å². The molecule has 1 heterocycles. The molecular formula is C14H13NO4S. The topological polar surface area (TPSA) is 75.6 Å². The van der Waals surface area contributed by atoms with Crippen molar-refractivity contribution in [1.82, 2.24) is 0 Å². The average molecular weight is 291 g/mol. The number of anilines is 1. The maximum Gasteiger partial charge on any atom is 0.339 e. The SMILES string of the molecule is COc1cc(NC(=O)c2cc(C)cs2)ccc1C(=O)O. The molecule has 1 aromatic heterocycles. The summed E-state index contributed by atoms with van der Waals surface area (Å²) in [5, 5.41) is 13.6. The first-order chi connectivity index (χ1) is 9.51. The van der Waals surface area contributed by atoms with Crippen molar-refractivity contribution in [2.24, 2.45) is 0 Å². The number of carboxylic acid groups (broad SMARTS) is 1. The van der Waals surface area contributed by atoms with Crippen molar-refractivity contribution in [2.75, 3.05) is 12.4 Å². The van der Waals surface area contributed by atoms with Crippen molar-refractivity contribution in [1.29, 1.82) is 0 Å². The van der Waals surface area contributed by atoms with Crippen LogP contribution in [-0.4, -0.2) is 24.1 Å². The molecule has 0 aliphatic rings. The molecule has 2 rings (SSSR count). The van der Waals surface area contributed by atoms with Gasteiger partial charge in [-0.1, -0.05) is 0 Å². The van der Waals surface area contributed by atoms with Crippen LogP contribution in [-0.2, 0) is 0 Å². The Hall–Kier alpha value is -2.34. The number of aryl methyl sites for hydroxylation is 1. The number of rotatable bonds is 4. The van der Waals surface area contributed by atoms with Crippen molar-refractivity contribution < 1.29 is 19.4 Å². The third-order valence-corrected chi connectivity index (χ3v) is 3.69. The van der Waals surface area contributed by atoms with Gasteiger partial charge in [0.1, 0.15) is 11.3 Å². The molecule has 2 N–H and O–H groups in total. The third kappa shape index (κ3) is 2.97. The molecule has 0 spiro atoms. The van der Waals surface area contributed by atoms with Crippen LogP contribution in [0.1, 0.15) is 25.6 Å². The van der Waals surface area contributed by atoms with E-state index in [0.717, 1.165) is 5.56 Å². The van der Waals surface area contributed by atoms with Gasteiger partial charge in [-0.15, -0.1) is 11.3 Å². The molecule has 0 aliphatic carbocycles. The minimum atomic E-state index is -1.08. The summed E-state index contributed by atoms with van der Waals surface area (Å²) in [5.41, 5.74) is 1.57. The average Bonchev–Trinajstić information content (AvgIpc) is 2.85. The number of carbonyl (C=O) groups is 2. The van der Waals surface area contributed by atoms with Gasteiger partial charge in [0.15, 0.2) is 0 Å². The zero-order valence-corrected chi connectivity index (χ0v) is 11.8. The van der Waals surface area contributed by atoms with Gasteiger partial charge in [0, 0.05) is 11.8 Å². The standard InChI is InChI=1S/C14H13NO4S/c1-8-5-12(20-7-8)13(16)15-9-3-4-10(14(17)18)11(6-9)19-2/h3-7H,1-2H3,(H,15,16)(H,17,18). The van der Waals surface area contributed by atoms with Crippen LogP contribution in [0.4, 0.5) is 5.69 Å². The number of nitrogens with one attached hydrogen (secondary N) is 1. The van der Waals surface area contributed by atoms with E-state index in [4.69, 9.17) is 9.84 Å². The van der Waals surface area contributed by atoms with Gasteiger partial charge in [0.25, 0.3) is 5.91 Å². The molecule has 0 atom stereocenters. The zero-order valence-electron chi connectivity index (χ0n) is 11.0. The quantitative estimate of drug-likeness (QED) is 0.908. The molecule has 0 fully saturated rings. The van der Waals surface area contributed by atoms with Crippen molar-refractivity contribution in [3.63, 3.8) is 0 Å². The fourth-order valence-electron chi connectivity index (χ4n) is 1.69. The molecular weight excluding hydrogens is 278 g/mol.